The summed E-state index contributed by atoms with van der Waals surface area (Å²) in [6.45, 7) is 2.33. The van der Waals surface area contributed by atoms with Crippen LogP contribution >= 0.6 is 0 Å². The van der Waals surface area contributed by atoms with Gasteiger partial charge in [-0.1, -0.05) is 82.6 Å². The number of benzene rings is 1. The van der Waals surface area contributed by atoms with Crippen LogP contribution in [0.25, 0.3) is 0 Å². The fourth-order valence-electron chi connectivity index (χ4n) is 5.44. The molecular formula is C24H36O. The predicted molar refractivity (Wildman–Crippen MR) is 106 cm³/mol. The maximum absolute atomic E-state index is 11.3. The SMILES string of the molecule is CCCC1CCC(CCC2CCC(c3ccccc3C=O)CC2)CC1. The van der Waals surface area contributed by atoms with E-state index in [4.69, 9.17) is 0 Å². The molecule has 2 fully saturated rings. The Morgan fingerprint density at radius 2 is 1.32 bits per heavy atom. The van der Waals surface area contributed by atoms with Gasteiger partial charge in [0.15, 0.2) is 0 Å². The summed E-state index contributed by atoms with van der Waals surface area (Å²) in [5, 5.41) is 0. The van der Waals surface area contributed by atoms with Gasteiger partial charge in [0.1, 0.15) is 6.29 Å². The maximum Gasteiger partial charge on any atom is 0.150 e. The molecule has 0 amide bonds. The fourth-order valence-corrected chi connectivity index (χ4v) is 5.44. The first-order valence-corrected chi connectivity index (χ1v) is 10.8. The van der Waals surface area contributed by atoms with Crippen molar-refractivity contribution in [3.8, 4) is 0 Å². The summed E-state index contributed by atoms with van der Waals surface area (Å²) in [5.74, 6) is 3.60. The summed E-state index contributed by atoms with van der Waals surface area (Å²) in [6, 6.07) is 8.21. The average Bonchev–Trinajstić information content (AvgIpc) is 2.68. The van der Waals surface area contributed by atoms with Crippen molar-refractivity contribution in [3.63, 3.8) is 0 Å². The summed E-state index contributed by atoms with van der Waals surface area (Å²) >= 11 is 0. The van der Waals surface area contributed by atoms with Gasteiger partial charge in [-0.25, -0.2) is 0 Å². The monoisotopic (exact) mass is 340 g/mol. The van der Waals surface area contributed by atoms with Crippen LogP contribution in [0.2, 0.25) is 0 Å². The van der Waals surface area contributed by atoms with Crippen LogP contribution in [0.1, 0.15) is 106 Å². The quantitative estimate of drug-likeness (QED) is 0.481. The summed E-state index contributed by atoms with van der Waals surface area (Å²) in [6.07, 6.45) is 18.0. The first-order chi connectivity index (χ1) is 12.3. The smallest absolute Gasteiger partial charge is 0.150 e. The molecule has 1 aromatic rings. The lowest BCUT2D eigenvalue weighted by Gasteiger charge is -2.32. The zero-order valence-corrected chi connectivity index (χ0v) is 16.1. The van der Waals surface area contributed by atoms with E-state index < -0.39 is 0 Å². The number of carbonyl (C=O) groups is 1. The molecule has 0 spiro atoms. The predicted octanol–water partition coefficient (Wildman–Crippen LogP) is 7.16. The Hall–Kier alpha value is -1.11. The molecular weight excluding hydrogens is 304 g/mol. The molecule has 0 saturated heterocycles. The zero-order valence-electron chi connectivity index (χ0n) is 16.1. The lowest BCUT2D eigenvalue weighted by Crippen LogP contribution is -2.18. The van der Waals surface area contributed by atoms with E-state index in [0.29, 0.717) is 5.92 Å². The Bertz CT molecular complexity index is 519. The molecule has 0 aliphatic heterocycles. The summed E-state index contributed by atoms with van der Waals surface area (Å²) in [4.78, 5) is 11.3. The van der Waals surface area contributed by atoms with Gasteiger partial charge in [0.25, 0.3) is 0 Å². The third kappa shape index (κ3) is 5.19. The third-order valence-electron chi connectivity index (χ3n) is 7.06. The van der Waals surface area contributed by atoms with Crippen molar-refractivity contribution in [2.24, 2.45) is 17.8 Å². The number of hydrogen-bond donors (Lipinski definition) is 0. The molecule has 0 atom stereocenters. The van der Waals surface area contributed by atoms with E-state index in [1.54, 1.807) is 0 Å². The van der Waals surface area contributed by atoms with E-state index in [0.717, 1.165) is 29.6 Å². The number of aldehydes is 1. The highest BCUT2D eigenvalue weighted by molar-refractivity contribution is 5.77. The minimum Gasteiger partial charge on any atom is -0.298 e. The molecule has 2 aliphatic rings. The van der Waals surface area contributed by atoms with E-state index in [9.17, 15) is 4.79 Å². The van der Waals surface area contributed by atoms with Crippen LogP contribution in [0.15, 0.2) is 24.3 Å². The molecule has 1 heteroatoms. The topological polar surface area (TPSA) is 17.1 Å². The van der Waals surface area contributed by atoms with Gasteiger partial charge in [-0.05, 0) is 54.9 Å². The van der Waals surface area contributed by atoms with Crippen molar-refractivity contribution >= 4 is 6.29 Å². The lowest BCUT2D eigenvalue weighted by atomic mass is 9.73. The molecule has 0 bridgehead atoms. The van der Waals surface area contributed by atoms with Crippen molar-refractivity contribution < 1.29 is 4.79 Å². The highest BCUT2D eigenvalue weighted by Gasteiger charge is 2.26. The highest BCUT2D eigenvalue weighted by atomic mass is 16.1. The van der Waals surface area contributed by atoms with Gasteiger partial charge < -0.3 is 0 Å². The standard InChI is InChI=1S/C24H36O/c1-2-5-19-8-10-20(11-9-19)12-13-21-14-16-22(17-15-21)24-7-4-3-6-23(24)18-25/h3-4,6-7,18-22H,2,5,8-17H2,1H3. The lowest BCUT2D eigenvalue weighted by molar-refractivity contribution is 0.112. The van der Waals surface area contributed by atoms with Crippen molar-refractivity contribution in [1.29, 1.82) is 0 Å². The first kappa shape index (κ1) is 18.7. The molecule has 0 radical (unpaired) electrons. The fraction of sp³-hybridized carbons (Fsp3) is 0.708. The normalized spacial score (nSPS) is 30.1. The Kier molecular flexibility index (Phi) is 7.13. The highest BCUT2D eigenvalue weighted by Crippen LogP contribution is 2.40. The van der Waals surface area contributed by atoms with Gasteiger partial charge in [-0.3, -0.25) is 4.79 Å². The van der Waals surface area contributed by atoms with Crippen LogP contribution in [0.5, 0.6) is 0 Å². The Balaban J connectivity index is 1.39. The number of hydrogen-bond acceptors (Lipinski definition) is 1. The molecule has 3 rings (SSSR count). The molecule has 25 heavy (non-hydrogen) atoms. The summed E-state index contributed by atoms with van der Waals surface area (Å²) in [5.41, 5.74) is 2.21. The largest absolute Gasteiger partial charge is 0.298 e. The molecule has 138 valence electrons. The van der Waals surface area contributed by atoms with Crippen LogP contribution < -0.4 is 0 Å². The second kappa shape index (κ2) is 9.55. The molecule has 0 aromatic heterocycles. The molecule has 1 aromatic carbocycles. The van der Waals surface area contributed by atoms with E-state index in [1.807, 2.05) is 12.1 Å². The number of carbonyl (C=O) groups excluding carboxylic acids is 1. The van der Waals surface area contributed by atoms with Crippen LogP contribution in [-0.4, -0.2) is 6.29 Å². The molecule has 2 aliphatic carbocycles. The average molecular weight is 341 g/mol. The van der Waals surface area contributed by atoms with Gasteiger partial charge >= 0.3 is 0 Å². The minimum atomic E-state index is 0.613. The summed E-state index contributed by atoms with van der Waals surface area (Å²) < 4.78 is 0. The second-order valence-corrected chi connectivity index (χ2v) is 8.72. The first-order valence-electron chi connectivity index (χ1n) is 10.8. The Morgan fingerprint density at radius 1 is 0.800 bits per heavy atom. The molecule has 0 heterocycles. The molecule has 2 saturated carbocycles. The van der Waals surface area contributed by atoms with E-state index >= 15 is 0 Å². The van der Waals surface area contributed by atoms with E-state index in [-0.39, 0.29) is 0 Å². The van der Waals surface area contributed by atoms with Gasteiger partial charge in [-0.15, -0.1) is 0 Å². The van der Waals surface area contributed by atoms with Crippen molar-refractivity contribution in [2.75, 3.05) is 0 Å². The Morgan fingerprint density at radius 3 is 1.88 bits per heavy atom. The van der Waals surface area contributed by atoms with Crippen molar-refractivity contribution in [1.82, 2.24) is 0 Å². The molecule has 1 nitrogen and oxygen atoms in total. The maximum atomic E-state index is 11.3. The number of rotatable bonds is 7. The molecule has 0 N–H and O–H groups in total. The Labute approximate surface area is 154 Å². The van der Waals surface area contributed by atoms with Crippen molar-refractivity contribution in [3.05, 3.63) is 35.4 Å². The van der Waals surface area contributed by atoms with Gasteiger partial charge in [0.2, 0.25) is 0 Å². The summed E-state index contributed by atoms with van der Waals surface area (Å²) in [7, 11) is 0. The second-order valence-electron chi connectivity index (χ2n) is 8.72. The van der Waals surface area contributed by atoms with Crippen LogP contribution in [0, 0.1) is 17.8 Å². The van der Waals surface area contributed by atoms with Crippen LogP contribution in [0.4, 0.5) is 0 Å². The van der Waals surface area contributed by atoms with Gasteiger partial charge in [0.05, 0.1) is 0 Å². The van der Waals surface area contributed by atoms with Crippen LogP contribution in [0.3, 0.4) is 0 Å². The van der Waals surface area contributed by atoms with Crippen molar-refractivity contribution in [2.45, 2.75) is 89.9 Å². The van der Waals surface area contributed by atoms with Gasteiger partial charge in [-0.2, -0.15) is 0 Å². The minimum absolute atomic E-state index is 0.613. The zero-order chi connectivity index (χ0) is 17.5. The van der Waals surface area contributed by atoms with E-state index in [1.165, 1.54) is 82.6 Å². The molecule has 0 unspecified atom stereocenters. The van der Waals surface area contributed by atoms with Gasteiger partial charge in [0, 0.05) is 5.56 Å². The van der Waals surface area contributed by atoms with E-state index in [2.05, 4.69) is 19.1 Å². The van der Waals surface area contributed by atoms with Crippen LogP contribution in [-0.2, 0) is 0 Å². The third-order valence-corrected chi connectivity index (χ3v) is 7.06.